The largest absolute Gasteiger partial charge is 0.331 e. The van der Waals surface area contributed by atoms with Gasteiger partial charge in [-0.1, -0.05) is 68.3 Å². The molecule has 0 aliphatic heterocycles. The average Bonchev–Trinajstić information content (AvgIpc) is 3.17. The van der Waals surface area contributed by atoms with Crippen LogP contribution in [0.5, 0.6) is 0 Å². The number of unbranched alkanes of at least 4 members (excludes halogenated alkanes) is 2. The normalized spacial score (nSPS) is 11.0. The lowest BCUT2D eigenvalue weighted by molar-refractivity contribution is 0.0734. The Bertz CT molecular complexity index is 1160. The van der Waals surface area contributed by atoms with E-state index in [4.69, 9.17) is 4.98 Å². The number of para-hydroxylation sites is 3. The van der Waals surface area contributed by atoms with Gasteiger partial charge in [0.2, 0.25) is 0 Å². The van der Waals surface area contributed by atoms with Gasteiger partial charge in [-0.05, 0) is 49.2 Å². The lowest BCUT2D eigenvalue weighted by atomic mass is 10.1. The number of benzene rings is 3. The van der Waals surface area contributed by atoms with Crippen molar-refractivity contribution in [2.24, 2.45) is 0 Å². The molecule has 1 heterocycles. The van der Waals surface area contributed by atoms with Crippen molar-refractivity contribution in [2.75, 3.05) is 6.54 Å². The summed E-state index contributed by atoms with van der Waals surface area (Å²) in [5, 5.41) is 0. The number of amides is 1. The number of carbonyl (C=O) groups is 1. The molecule has 4 rings (SSSR count). The summed E-state index contributed by atoms with van der Waals surface area (Å²) in [5.41, 5.74) is 4.83. The molecule has 0 atom stereocenters. The molecule has 158 valence electrons. The molecule has 0 N–H and O–H groups in total. The molecule has 0 radical (unpaired) electrons. The van der Waals surface area contributed by atoms with Gasteiger partial charge in [-0.25, -0.2) is 4.98 Å². The fourth-order valence-electron chi connectivity index (χ4n) is 4.01. The van der Waals surface area contributed by atoms with Crippen LogP contribution in [0.1, 0.15) is 47.9 Å². The van der Waals surface area contributed by atoms with E-state index in [1.54, 1.807) is 0 Å². The van der Waals surface area contributed by atoms with E-state index in [9.17, 15) is 4.79 Å². The van der Waals surface area contributed by atoms with Gasteiger partial charge in [-0.3, -0.25) is 9.36 Å². The first-order valence-electron chi connectivity index (χ1n) is 11.1. The van der Waals surface area contributed by atoms with Crippen molar-refractivity contribution in [1.82, 2.24) is 14.5 Å². The molecular weight excluding hydrogens is 382 g/mol. The van der Waals surface area contributed by atoms with Gasteiger partial charge in [0.05, 0.1) is 17.6 Å². The quantitative estimate of drug-likeness (QED) is 0.325. The predicted octanol–water partition coefficient (Wildman–Crippen LogP) is 6.17. The van der Waals surface area contributed by atoms with Gasteiger partial charge in [0, 0.05) is 17.8 Å². The Morgan fingerprint density at radius 2 is 1.61 bits per heavy atom. The summed E-state index contributed by atoms with van der Waals surface area (Å²) in [4.78, 5) is 20.4. The molecule has 1 amide bonds. The highest BCUT2D eigenvalue weighted by Gasteiger charge is 2.21. The Balaban J connectivity index is 1.74. The van der Waals surface area contributed by atoms with Gasteiger partial charge >= 0.3 is 0 Å². The molecular formula is C27H29N3O. The maximum absolute atomic E-state index is 13.5. The van der Waals surface area contributed by atoms with Crippen molar-refractivity contribution < 1.29 is 4.79 Å². The molecule has 0 aliphatic rings. The minimum Gasteiger partial charge on any atom is -0.331 e. The number of aryl methyl sites for hydroxylation is 1. The van der Waals surface area contributed by atoms with E-state index in [0.29, 0.717) is 6.54 Å². The number of nitrogens with zero attached hydrogens (tertiary/aromatic N) is 3. The summed E-state index contributed by atoms with van der Waals surface area (Å²) < 4.78 is 2.17. The van der Waals surface area contributed by atoms with Crippen LogP contribution in [0.2, 0.25) is 0 Å². The number of hydrogen-bond acceptors (Lipinski definition) is 2. The third kappa shape index (κ3) is 4.53. The zero-order valence-corrected chi connectivity index (χ0v) is 18.3. The standard InChI is InChI=1S/C27H29N3O/c1-3-4-12-19-29(27(31)23-16-9-8-13-21(23)2)20-26-28-24-17-10-11-18-25(24)30(26)22-14-6-5-7-15-22/h5-11,13-18H,3-4,12,19-20H2,1-2H3. The third-order valence-corrected chi connectivity index (χ3v) is 5.67. The van der Waals surface area contributed by atoms with Crippen LogP contribution < -0.4 is 0 Å². The lowest BCUT2D eigenvalue weighted by Crippen LogP contribution is -2.33. The third-order valence-electron chi connectivity index (χ3n) is 5.67. The highest BCUT2D eigenvalue weighted by atomic mass is 16.2. The minimum atomic E-state index is 0.0703. The summed E-state index contributed by atoms with van der Waals surface area (Å²) in [6, 6.07) is 26.2. The van der Waals surface area contributed by atoms with Gasteiger partial charge in [0.15, 0.2) is 0 Å². The fraction of sp³-hybridized carbons (Fsp3) is 0.259. The Labute approximate surface area is 184 Å². The molecule has 3 aromatic carbocycles. The van der Waals surface area contributed by atoms with Crippen LogP contribution in [0, 0.1) is 6.92 Å². The zero-order valence-electron chi connectivity index (χ0n) is 18.3. The monoisotopic (exact) mass is 411 g/mol. The molecule has 1 aromatic heterocycles. The van der Waals surface area contributed by atoms with E-state index in [2.05, 4.69) is 29.7 Å². The zero-order chi connectivity index (χ0) is 21.6. The summed E-state index contributed by atoms with van der Waals surface area (Å²) >= 11 is 0. The highest BCUT2D eigenvalue weighted by Crippen LogP contribution is 2.23. The Morgan fingerprint density at radius 1 is 0.903 bits per heavy atom. The van der Waals surface area contributed by atoms with Gasteiger partial charge in [-0.15, -0.1) is 0 Å². The van der Waals surface area contributed by atoms with E-state index in [1.165, 1.54) is 0 Å². The first kappa shape index (κ1) is 20.9. The Morgan fingerprint density at radius 3 is 2.39 bits per heavy atom. The van der Waals surface area contributed by atoms with E-state index in [0.717, 1.165) is 59.5 Å². The molecule has 0 aliphatic carbocycles. The van der Waals surface area contributed by atoms with Crippen LogP contribution in [0.3, 0.4) is 0 Å². The second-order valence-electron chi connectivity index (χ2n) is 7.94. The molecule has 0 saturated heterocycles. The Hall–Kier alpha value is -3.40. The first-order chi connectivity index (χ1) is 15.2. The predicted molar refractivity (Wildman–Crippen MR) is 127 cm³/mol. The second-order valence-corrected chi connectivity index (χ2v) is 7.94. The second kappa shape index (κ2) is 9.61. The van der Waals surface area contributed by atoms with Crippen LogP contribution in [0.25, 0.3) is 16.7 Å². The number of hydrogen-bond donors (Lipinski definition) is 0. The van der Waals surface area contributed by atoms with Crippen LogP contribution in [0.15, 0.2) is 78.9 Å². The number of rotatable bonds is 8. The smallest absolute Gasteiger partial charge is 0.254 e. The number of carbonyl (C=O) groups excluding carboxylic acids is 1. The summed E-state index contributed by atoms with van der Waals surface area (Å²) in [5.74, 6) is 0.951. The van der Waals surface area contributed by atoms with E-state index in [1.807, 2.05) is 72.5 Å². The van der Waals surface area contributed by atoms with Crippen LogP contribution in [-0.4, -0.2) is 26.9 Å². The van der Waals surface area contributed by atoms with Gasteiger partial charge in [0.25, 0.3) is 5.91 Å². The van der Waals surface area contributed by atoms with Crippen molar-refractivity contribution in [3.63, 3.8) is 0 Å². The van der Waals surface area contributed by atoms with Crippen molar-refractivity contribution in [2.45, 2.75) is 39.7 Å². The van der Waals surface area contributed by atoms with Crippen molar-refractivity contribution in [1.29, 1.82) is 0 Å². The van der Waals surface area contributed by atoms with E-state index < -0.39 is 0 Å². The van der Waals surface area contributed by atoms with E-state index in [-0.39, 0.29) is 5.91 Å². The summed E-state index contributed by atoms with van der Waals surface area (Å²) in [6.07, 6.45) is 3.21. The number of fused-ring (bicyclic) bond motifs is 1. The lowest BCUT2D eigenvalue weighted by Gasteiger charge is -2.24. The molecule has 0 saturated carbocycles. The number of aromatic nitrogens is 2. The Kier molecular flexibility index (Phi) is 6.46. The number of imidazole rings is 1. The molecule has 31 heavy (non-hydrogen) atoms. The maximum Gasteiger partial charge on any atom is 0.254 e. The summed E-state index contributed by atoms with van der Waals surface area (Å²) in [6.45, 7) is 5.37. The molecule has 4 nitrogen and oxygen atoms in total. The van der Waals surface area contributed by atoms with Gasteiger partial charge < -0.3 is 4.90 Å². The topological polar surface area (TPSA) is 38.1 Å². The molecule has 0 spiro atoms. The van der Waals surface area contributed by atoms with Crippen molar-refractivity contribution >= 4 is 16.9 Å². The summed E-state index contributed by atoms with van der Waals surface area (Å²) in [7, 11) is 0. The van der Waals surface area contributed by atoms with Crippen LogP contribution >= 0.6 is 0 Å². The average molecular weight is 412 g/mol. The van der Waals surface area contributed by atoms with Gasteiger partial charge in [0.1, 0.15) is 5.82 Å². The minimum absolute atomic E-state index is 0.0703. The SMILES string of the molecule is CCCCCN(Cc1nc2ccccc2n1-c1ccccc1)C(=O)c1ccccc1C. The van der Waals surface area contributed by atoms with Crippen LogP contribution in [-0.2, 0) is 6.54 Å². The molecule has 0 fully saturated rings. The molecule has 4 aromatic rings. The molecule has 0 unspecified atom stereocenters. The van der Waals surface area contributed by atoms with Crippen molar-refractivity contribution in [3.05, 3.63) is 95.8 Å². The van der Waals surface area contributed by atoms with Gasteiger partial charge in [-0.2, -0.15) is 0 Å². The highest BCUT2D eigenvalue weighted by molar-refractivity contribution is 5.95. The van der Waals surface area contributed by atoms with Crippen molar-refractivity contribution in [3.8, 4) is 5.69 Å². The van der Waals surface area contributed by atoms with Crippen LogP contribution in [0.4, 0.5) is 0 Å². The first-order valence-corrected chi connectivity index (χ1v) is 11.1. The fourth-order valence-corrected chi connectivity index (χ4v) is 4.01. The molecule has 4 heteroatoms. The maximum atomic E-state index is 13.5. The molecule has 0 bridgehead atoms. The van der Waals surface area contributed by atoms with E-state index >= 15 is 0 Å².